The van der Waals surface area contributed by atoms with E-state index in [1.165, 1.54) is 0 Å². The van der Waals surface area contributed by atoms with Crippen molar-refractivity contribution in [2.24, 2.45) is 0 Å². The van der Waals surface area contributed by atoms with Gasteiger partial charge in [-0.1, -0.05) is 6.07 Å². The Bertz CT molecular complexity index is 1010. The number of hydrogen-bond donors (Lipinski definition) is 3. The molecule has 4 aromatic rings. The average molecular weight is 327 g/mol. The lowest BCUT2D eigenvalue weighted by Gasteiger charge is -2.07. The summed E-state index contributed by atoms with van der Waals surface area (Å²) >= 11 is 0. The lowest BCUT2D eigenvalue weighted by Crippen LogP contribution is -2.07. The minimum Gasteiger partial charge on any atom is -0.483 e. The van der Waals surface area contributed by atoms with Crippen molar-refractivity contribution in [3.05, 3.63) is 59.2 Å². The number of H-pyrrole nitrogens is 2. The van der Waals surface area contributed by atoms with Gasteiger partial charge in [0, 0.05) is 12.4 Å². The van der Waals surface area contributed by atoms with Crippen LogP contribution in [0.3, 0.4) is 0 Å². The van der Waals surface area contributed by atoms with Crippen LogP contribution in [0.2, 0.25) is 0 Å². The molecule has 0 aliphatic heterocycles. The second-order valence-electron chi connectivity index (χ2n) is 4.69. The third-order valence-corrected chi connectivity index (χ3v) is 3.24. The summed E-state index contributed by atoms with van der Waals surface area (Å²) in [6, 6.07) is 7.82. The predicted octanol–water partition coefficient (Wildman–Crippen LogP) is 0.358. The van der Waals surface area contributed by atoms with Crippen LogP contribution in [0.25, 0.3) is 17.0 Å². The molecule has 0 atom stereocenters. The standard InChI is InChI=1S/C13H11N7O.CH2O2/c21-13-16-11(17-18-13)8-19-7-6-14-12(19)10-3-1-2-9-4-5-15-20(9)10;2-1-3/h1-7H,8H2,(H2,16,17,18,21);1H,(H,2,3). The lowest BCUT2D eigenvalue weighted by atomic mass is 10.3. The fraction of sp³-hybridized carbons (Fsp3) is 0.0714. The maximum Gasteiger partial charge on any atom is 0.340 e. The molecule has 122 valence electrons. The summed E-state index contributed by atoms with van der Waals surface area (Å²) in [5, 5.41) is 17.5. The van der Waals surface area contributed by atoms with Crippen molar-refractivity contribution in [1.82, 2.24) is 34.3 Å². The lowest BCUT2D eigenvalue weighted by molar-refractivity contribution is -0.122. The maximum atomic E-state index is 11.1. The summed E-state index contributed by atoms with van der Waals surface area (Å²) in [7, 11) is 0. The van der Waals surface area contributed by atoms with Gasteiger partial charge in [0.15, 0.2) is 11.6 Å². The predicted molar refractivity (Wildman–Crippen MR) is 83.4 cm³/mol. The first-order chi connectivity index (χ1) is 11.7. The van der Waals surface area contributed by atoms with Crippen molar-refractivity contribution in [3.8, 4) is 11.5 Å². The highest BCUT2D eigenvalue weighted by Gasteiger charge is 2.11. The van der Waals surface area contributed by atoms with E-state index in [0.717, 1.165) is 17.0 Å². The number of imidazole rings is 1. The van der Waals surface area contributed by atoms with Crippen molar-refractivity contribution < 1.29 is 9.90 Å². The van der Waals surface area contributed by atoms with Gasteiger partial charge in [-0.25, -0.2) is 19.4 Å². The molecule has 0 aliphatic carbocycles. The molecule has 4 aromatic heterocycles. The fourth-order valence-electron chi connectivity index (χ4n) is 2.33. The molecule has 0 radical (unpaired) electrons. The van der Waals surface area contributed by atoms with Crippen LogP contribution >= 0.6 is 0 Å². The molecule has 0 unspecified atom stereocenters. The molecule has 4 heterocycles. The first-order valence-corrected chi connectivity index (χ1v) is 6.88. The normalized spacial score (nSPS) is 10.3. The van der Waals surface area contributed by atoms with Crippen LogP contribution in [0.4, 0.5) is 0 Å². The smallest absolute Gasteiger partial charge is 0.340 e. The number of hydrogen-bond acceptors (Lipinski definition) is 5. The van der Waals surface area contributed by atoms with E-state index in [1.807, 2.05) is 39.5 Å². The third kappa shape index (κ3) is 2.92. The van der Waals surface area contributed by atoms with E-state index in [1.54, 1.807) is 12.4 Å². The molecule has 0 bridgehead atoms. The van der Waals surface area contributed by atoms with Crippen molar-refractivity contribution in [3.63, 3.8) is 0 Å². The highest BCUT2D eigenvalue weighted by atomic mass is 16.3. The number of aromatic nitrogens is 7. The first kappa shape index (κ1) is 15.2. The van der Waals surface area contributed by atoms with Gasteiger partial charge in [0.05, 0.1) is 18.3 Å². The highest BCUT2D eigenvalue weighted by Crippen LogP contribution is 2.19. The monoisotopic (exact) mass is 327 g/mol. The van der Waals surface area contributed by atoms with Crippen LogP contribution in [0.5, 0.6) is 0 Å². The van der Waals surface area contributed by atoms with Gasteiger partial charge in [0.25, 0.3) is 6.47 Å². The summed E-state index contributed by atoms with van der Waals surface area (Å²) in [5.41, 5.74) is 1.55. The molecule has 10 heteroatoms. The molecule has 0 amide bonds. The summed E-state index contributed by atoms with van der Waals surface area (Å²) in [4.78, 5) is 26.5. The quantitative estimate of drug-likeness (QED) is 0.465. The zero-order valence-electron chi connectivity index (χ0n) is 12.3. The Hall–Kier alpha value is -3.69. The summed E-state index contributed by atoms with van der Waals surface area (Å²) < 4.78 is 3.73. The SMILES string of the molecule is O=CO.O=c1[nH]nc(Cn2ccnc2-c2cccc3ccnn23)[nH]1. The van der Waals surface area contributed by atoms with E-state index in [4.69, 9.17) is 9.90 Å². The number of carboxylic acid groups (broad SMARTS) is 1. The van der Waals surface area contributed by atoms with Crippen molar-refractivity contribution in [1.29, 1.82) is 0 Å². The van der Waals surface area contributed by atoms with Gasteiger partial charge in [-0.15, -0.1) is 0 Å². The Morgan fingerprint density at radius 1 is 1.25 bits per heavy atom. The second kappa shape index (κ2) is 6.60. The number of fused-ring (bicyclic) bond motifs is 1. The molecule has 0 spiro atoms. The largest absolute Gasteiger partial charge is 0.483 e. The Morgan fingerprint density at radius 3 is 2.83 bits per heavy atom. The molecular weight excluding hydrogens is 314 g/mol. The summed E-state index contributed by atoms with van der Waals surface area (Å²) in [6.07, 6.45) is 5.30. The fourth-order valence-corrected chi connectivity index (χ4v) is 2.33. The first-order valence-electron chi connectivity index (χ1n) is 6.88. The molecular formula is C14H13N7O3. The van der Waals surface area contributed by atoms with Crippen LogP contribution in [0.1, 0.15) is 5.82 Å². The minimum atomic E-state index is -0.319. The van der Waals surface area contributed by atoms with E-state index >= 15 is 0 Å². The van der Waals surface area contributed by atoms with Gasteiger partial charge in [-0.05, 0) is 18.2 Å². The molecule has 0 saturated heterocycles. The van der Waals surface area contributed by atoms with Crippen molar-refractivity contribution in [2.45, 2.75) is 6.54 Å². The van der Waals surface area contributed by atoms with Crippen LogP contribution < -0.4 is 5.69 Å². The van der Waals surface area contributed by atoms with E-state index < -0.39 is 0 Å². The number of rotatable bonds is 3. The van der Waals surface area contributed by atoms with Crippen LogP contribution in [-0.4, -0.2) is 45.9 Å². The van der Waals surface area contributed by atoms with Gasteiger partial charge < -0.3 is 9.67 Å². The number of carbonyl (C=O) groups is 1. The van der Waals surface area contributed by atoms with Crippen molar-refractivity contribution in [2.75, 3.05) is 0 Å². The second-order valence-corrected chi connectivity index (χ2v) is 4.69. The molecule has 24 heavy (non-hydrogen) atoms. The van der Waals surface area contributed by atoms with E-state index in [9.17, 15) is 4.79 Å². The highest BCUT2D eigenvalue weighted by molar-refractivity contribution is 5.58. The molecule has 4 rings (SSSR count). The van der Waals surface area contributed by atoms with Crippen LogP contribution in [0, 0.1) is 0 Å². The summed E-state index contributed by atoms with van der Waals surface area (Å²) in [5.74, 6) is 1.31. The van der Waals surface area contributed by atoms with Crippen LogP contribution in [-0.2, 0) is 11.3 Å². The van der Waals surface area contributed by atoms with Gasteiger partial charge >= 0.3 is 5.69 Å². The molecule has 3 N–H and O–H groups in total. The minimum absolute atomic E-state index is 0.250. The molecule has 0 aromatic carbocycles. The van der Waals surface area contributed by atoms with Crippen LogP contribution in [0.15, 0.2) is 47.7 Å². The van der Waals surface area contributed by atoms with Gasteiger partial charge in [-0.3, -0.25) is 9.78 Å². The van der Waals surface area contributed by atoms with E-state index in [-0.39, 0.29) is 12.2 Å². The average Bonchev–Trinajstić information content (AvgIpc) is 3.29. The topological polar surface area (TPSA) is 134 Å². The zero-order valence-corrected chi connectivity index (χ0v) is 12.3. The Kier molecular flexibility index (Phi) is 4.19. The summed E-state index contributed by atoms with van der Waals surface area (Å²) in [6.45, 7) is 0.172. The Labute approximate surface area is 134 Å². The number of nitrogens with zero attached hydrogens (tertiary/aromatic N) is 5. The van der Waals surface area contributed by atoms with Gasteiger partial charge in [0.1, 0.15) is 5.69 Å². The number of nitrogens with one attached hydrogen (secondary N) is 2. The number of aromatic amines is 2. The van der Waals surface area contributed by atoms with Crippen molar-refractivity contribution >= 4 is 12.0 Å². The zero-order chi connectivity index (χ0) is 16.9. The molecule has 0 saturated carbocycles. The van der Waals surface area contributed by atoms with E-state index in [0.29, 0.717) is 12.4 Å². The van der Waals surface area contributed by atoms with Gasteiger partial charge in [-0.2, -0.15) is 10.2 Å². The molecule has 10 nitrogen and oxygen atoms in total. The molecule has 0 aliphatic rings. The Morgan fingerprint density at radius 2 is 2.08 bits per heavy atom. The maximum absolute atomic E-state index is 11.1. The third-order valence-electron chi connectivity index (χ3n) is 3.24. The Balaban J connectivity index is 0.000000526. The van der Waals surface area contributed by atoms with E-state index in [2.05, 4.69) is 25.3 Å². The molecule has 0 fully saturated rings. The van der Waals surface area contributed by atoms with Gasteiger partial charge in [0.2, 0.25) is 0 Å². The number of pyridine rings is 1.